The minimum Gasteiger partial charge on any atom is -0.335 e. The number of rotatable bonds is 3. The van der Waals surface area contributed by atoms with Gasteiger partial charge in [0, 0.05) is 17.9 Å². The van der Waals surface area contributed by atoms with E-state index < -0.39 is 12.0 Å². The highest BCUT2D eigenvalue weighted by Gasteiger charge is 2.55. The lowest BCUT2D eigenvalue weighted by atomic mass is 9.99. The van der Waals surface area contributed by atoms with Crippen LogP contribution in [-0.2, 0) is 4.79 Å². The molecule has 0 bridgehead atoms. The summed E-state index contributed by atoms with van der Waals surface area (Å²) in [4.78, 5) is 24.8. The van der Waals surface area contributed by atoms with E-state index >= 15 is 0 Å². The van der Waals surface area contributed by atoms with Gasteiger partial charge in [0.25, 0.3) is 0 Å². The van der Waals surface area contributed by atoms with Crippen molar-refractivity contribution in [3.63, 3.8) is 0 Å². The molecule has 0 spiro atoms. The SMILES string of the molecule is Cc1ccc([C@@H]2CCCN2C(=O)[C@@H]2C[C@H]2[N+](=O)[O-])cc1C. The Labute approximate surface area is 124 Å². The zero-order valence-electron chi connectivity index (χ0n) is 12.4. The van der Waals surface area contributed by atoms with E-state index in [1.807, 2.05) is 4.90 Å². The fraction of sp³-hybridized carbons (Fsp3) is 0.562. The smallest absolute Gasteiger partial charge is 0.233 e. The zero-order chi connectivity index (χ0) is 15.1. The molecule has 0 N–H and O–H groups in total. The van der Waals surface area contributed by atoms with Crippen LogP contribution in [0.2, 0.25) is 0 Å². The molecule has 2 fully saturated rings. The molecule has 1 amide bonds. The van der Waals surface area contributed by atoms with E-state index in [2.05, 4.69) is 32.0 Å². The summed E-state index contributed by atoms with van der Waals surface area (Å²) >= 11 is 0. The third-order valence-electron chi connectivity index (χ3n) is 4.80. The third-order valence-corrected chi connectivity index (χ3v) is 4.80. The molecule has 21 heavy (non-hydrogen) atoms. The third kappa shape index (κ3) is 2.52. The molecule has 0 radical (unpaired) electrons. The molecular formula is C16H20N2O3. The summed E-state index contributed by atoms with van der Waals surface area (Å²) in [6, 6.07) is 5.74. The van der Waals surface area contributed by atoms with Crippen LogP contribution in [0.15, 0.2) is 18.2 Å². The van der Waals surface area contributed by atoms with Gasteiger partial charge in [0.1, 0.15) is 5.92 Å². The Morgan fingerprint density at radius 1 is 1.33 bits per heavy atom. The lowest BCUT2D eigenvalue weighted by Crippen LogP contribution is -2.33. The van der Waals surface area contributed by atoms with Gasteiger partial charge in [-0.25, -0.2) is 0 Å². The summed E-state index contributed by atoms with van der Waals surface area (Å²) in [7, 11) is 0. The second kappa shape index (κ2) is 5.13. The van der Waals surface area contributed by atoms with E-state index in [0.29, 0.717) is 6.42 Å². The van der Waals surface area contributed by atoms with Crippen LogP contribution in [0, 0.1) is 29.9 Å². The van der Waals surface area contributed by atoms with Crippen LogP contribution < -0.4 is 0 Å². The summed E-state index contributed by atoms with van der Waals surface area (Å²) in [5.74, 6) is -0.426. The number of carbonyl (C=O) groups is 1. The van der Waals surface area contributed by atoms with Gasteiger partial charge in [0.2, 0.25) is 11.9 Å². The molecule has 0 aromatic heterocycles. The van der Waals surface area contributed by atoms with Crippen LogP contribution >= 0.6 is 0 Å². The van der Waals surface area contributed by atoms with Gasteiger partial charge >= 0.3 is 0 Å². The first kappa shape index (κ1) is 14.0. The maximum Gasteiger partial charge on any atom is 0.233 e. The minimum absolute atomic E-state index is 0.0302. The van der Waals surface area contributed by atoms with Crippen molar-refractivity contribution >= 4 is 5.91 Å². The van der Waals surface area contributed by atoms with E-state index in [-0.39, 0.29) is 16.9 Å². The normalized spacial score (nSPS) is 27.7. The van der Waals surface area contributed by atoms with Gasteiger partial charge in [0.05, 0.1) is 6.04 Å². The van der Waals surface area contributed by atoms with Gasteiger partial charge in [-0.05, 0) is 43.4 Å². The van der Waals surface area contributed by atoms with E-state index in [0.717, 1.165) is 24.9 Å². The average Bonchev–Trinajstić information content (AvgIpc) is 3.11. The molecule has 5 heteroatoms. The van der Waals surface area contributed by atoms with Crippen LogP contribution in [0.25, 0.3) is 0 Å². The van der Waals surface area contributed by atoms with Crippen molar-refractivity contribution in [2.24, 2.45) is 5.92 Å². The number of hydrogen-bond acceptors (Lipinski definition) is 3. The van der Waals surface area contributed by atoms with E-state index in [9.17, 15) is 14.9 Å². The van der Waals surface area contributed by atoms with Gasteiger partial charge in [-0.1, -0.05) is 18.2 Å². The van der Waals surface area contributed by atoms with E-state index in [1.165, 1.54) is 11.1 Å². The van der Waals surface area contributed by atoms with Gasteiger partial charge < -0.3 is 4.90 Å². The predicted molar refractivity (Wildman–Crippen MR) is 78.5 cm³/mol. The molecule has 0 unspecified atom stereocenters. The summed E-state index contributed by atoms with van der Waals surface area (Å²) in [6.45, 7) is 4.86. The number of nitro groups is 1. The van der Waals surface area contributed by atoms with Crippen LogP contribution in [0.5, 0.6) is 0 Å². The van der Waals surface area contributed by atoms with Crippen molar-refractivity contribution in [1.29, 1.82) is 0 Å². The van der Waals surface area contributed by atoms with Crippen LogP contribution in [0.3, 0.4) is 0 Å². The van der Waals surface area contributed by atoms with Crippen LogP contribution in [0.4, 0.5) is 0 Å². The molecule has 3 atom stereocenters. The Morgan fingerprint density at radius 3 is 2.71 bits per heavy atom. The lowest BCUT2D eigenvalue weighted by molar-refractivity contribution is -0.497. The number of nitrogens with zero attached hydrogens (tertiary/aromatic N) is 2. The first-order chi connectivity index (χ1) is 9.99. The Kier molecular flexibility index (Phi) is 3.43. The van der Waals surface area contributed by atoms with Crippen LogP contribution in [-0.4, -0.2) is 28.3 Å². The summed E-state index contributed by atoms with van der Waals surface area (Å²) in [5, 5.41) is 10.8. The van der Waals surface area contributed by atoms with Gasteiger partial charge in [-0.15, -0.1) is 0 Å². The predicted octanol–water partition coefficient (Wildman–Crippen LogP) is 2.63. The topological polar surface area (TPSA) is 63.5 Å². The number of hydrogen-bond donors (Lipinski definition) is 0. The Bertz CT molecular complexity index is 599. The fourth-order valence-electron chi connectivity index (χ4n) is 3.24. The molecule has 112 valence electrons. The molecule has 1 aliphatic carbocycles. The molecule has 1 heterocycles. The highest BCUT2D eigenvalue weighted by Crippen LogP contribution is 2.40. The Balaban J connectivity index is 1.78. The maximum absolute atomic E-state index is 12.5. The molecule has 1 saturated carbocycles. The van der Waals surface area contributed by atoms with Crippen molar-refractivity contribution in [1.82, 2.24) is 4.90 Å². The molecule has 3 rings (SSSR count). The van der Waals surface area contributed by atoms with Crippen molar-refractivity contribution < 1.29 is 9.72 Å². The zero-order valence-corrected chi connectivity index (χ0v) is 12.4. The largest absolute Gasteiger partial charge is 0.335 e. The summed E-state index contributed by atoms with van der Waals surface area (Å²) in [5.41, 5.74) is 3.62. The fourth-order valence-corrected chi connectivity index (χ4v) is 3.24. The van der Waals surface area contributed by atoms with E-state index in [4.69, 9.17) is 0 Å². The first-order valence-corrected chi connectivity index (χ1v) is 7.50. The highest BCUT2D eigenvalue weighted by atomic mass is 16.6. The number of likely N-dealkylation sites (tertiary alicyclic amines) is 1. The first-order valence-electron chi connectivity index (χ1n) is 7.50. The quantitative estimate of drug-likeness (QED) is 0.634. The van der Waals surface area contributed by atoms with Gasteiger partial charge in [0.15, 0.2) is 0 Å². The van der Waals surface area contributed by atoms with Crippen molar-refractivity contribution in [2.45, 2.75) is 45.2 Å². The van der Waals surface area contributed by atoms with E-state index in [1.54, 1.807) is 0 Å². The average molecular weight is 288 g/mol. The standard InChI is InChI=1S/C16H20N2O3/c1-10-5-6-12(8-11(10)2)14-4-3-7-17(14)16(19)13-9-15(13)18(20)21/h5-6,8,13-15H,3-4,7,9H2,1-2H3/t13-,14+,15-/m1/s1. The van der Waals surface area contributed by atoms with Gasteiger partial charge in [-0.2, -0.15) is 0 Å². The number of carbonyl (C=O) groups excluding carboxylic acids is 1. The molecule has 5 nitrogen and oxygen atoms in total. The van der Waals surface area contributed by atoms with Crippen molar-refractivity contribution in [3.8, 4) is 0 Å². The second-order valence-electron chi connectivity index (χ2n) is 6.23. The monoisotopic (exact) mass is 288 g/mol. The van der Waals surface area contributed by atoms with Crippen LogP contribution in [0.1, 0.15) is 42.0 Å². The molecular weight excluding hydrogens is 268 g/mol. The highest BCUT2D eigenvalue weighted by molar-refractivity contribution is 5.82. The minimum atomic E-state index is -0.654. The van der Waals surface area contributed by atoms with Crippen molar-refractivity contribution in [3.05, 3.63) is 45.0 Å². The Hall–Kier alpha value is -1.91. The van der Waals surface area contributed by atoms with Gasteiger partial charge in [-0.3, -0.25) is 14.9 Å². The number of amides is 1. The summed E-state index contributed by atoms with van der Waals surface area (Å²) in [6.07, 6.45) is 2.32. The number of benzene rings is 1. The summed E-state index contributed by atoms with van der Waals surface area (Å²) < 4.78 is 0. The molecule has 1 aromatic rings. The van der Waals surface area contributed by atoms with Crippen molar-refractivity contribution in [2.75, 3.05) is 6.54 Å². The Morgan fingerprint density at radius 2 is 2.10 bits per heavy atom. The maximum atomic E-state index is 12.5. The molecule has 2 aliphatic rings. The molecule has 1 aromatic carbocycles. The second-order valence-corrected chi connectivity index (χ2v) is 6.23. The lowest BCUT2D eigenvalue weighted by Gasteiger charge is -2.25. The molecule has 1 aliphatic heterocycles. The molecule has 1 saturated heterocycles. The number of aryl methyl sites for hydroxylation is 2.